The number of rotatable bonds is 8. The summed E-state index contributed by atoms with van der Waals surface area (Å²) >= 11 is 0. The Hall–Kier alpha value is -1.27. The lowest BCUT2D eigenvalue weighted by Gasteiger charge is -2.58. The largest absolute Gasteiger partial charge is 0.390 e. The van der Waals surface area contributed by atoms with Crippen molar-refractivity contribution in [2.45, 2.75) is 98.1 Å². The lowest BCUT2D eigenvalue weighted by molar-refractivity contribution is -0.112. The molecule has 0 spiro atoms. The number of hydrogen-bond donors (Lipinski definition) is 0. The molecule has 0 amide bonds. The molecule has 0 N–H and O–H groups in total. The molecule has 4 nitrogen and oxygen atoms in total. The van der Waals surface area contributed by atoms with Gasteiger partial charge in [0.05, 0.1) is 25.4 Å². The van der Waals surface area contributed by atoms with E-state index < -0.39 is 8.56 Å². The quantitative estimate of drug-likeness (QED) is 0.298. The third-order valence-electron chi connectivity index (χ3n) is 6.82. The summed E-state index contributed by atoms with van der Waals surface area (Å²) < 4.78 is 20.3. The fourth-order valence-electron chi connectivity index (χ4n) is 5.29. The summed E-state index contributed by atoms with van der Waals surface area (Å²) in [7, 11) is -2.71. The van der Waals surface area contributed by atoms with Gasteiger partial charge in [0, 0.05) is 21.9 Å². The summed E-state index contributed by atoms with van der Waals surface area (Å²) in [6.45, 7) is 22.9. The fourth-order valence-corrected chi connectivity index (χ4v) is 10.7. The third kappa shape index (κ3) is 6.65. The monoisotopic (exact) mass is 474 g/mol. The van der Waals surface area contributed by atoms with Crippen molar-refractivity contribution >= 4 is 14.3 Å². The highest BCUT2D eigenvalue weighted by Crippen LogP contribution is 2.57. The van der Waals surface area contributed by atoms with Crippen molar-refractivity contribution in [3.8, 4) is 0 Å². The molecule has 0 radical (unpaired) electrons. The molecule has 1 heterocycles. The normalized spacial score (nSPS) is 25.7. The highest BCUT2D eigenvalue weighted by molar-refractivity contribution is 6.73. The smallest absolute Gasteiger partial charge is 0.349 e. The van der Waals surface area contributed by atoms with Crippen LogP contribution < -0.4 is 0 Å². The number of ether oxygens (including phenoxy) is 1. The van der Waals surface area contributed by atoms with Crippen LogP contribution in [0.5, 0.6) is 0 Å². The molecule has 33 heavy (non-hydrogen) atoms. The van der Waals surface area contributed by atoms with Crippen LogP contribution in [0.2, 0.25) is 10.1 Å². The van der Waals surface area contributed by atoms with Crippen LogP contribution in [-0.2, 0) is 25.0 Å². The summed E-state index contributed by atoms with van der Waals surface area (Å²) in [6, 6.07) is 10.3. The first-order valence-electron chi connectivity index (χ1n) is 12.4. The van der Waals surface area contributed by atoms with Gasteiger partial charge in [0.25, 0.3) is 0 Å². The Bertz CT molecular complexity index is 776. The van der Waals surface area contributed by atoms with Gasteiger partial charge in [0.15, 0.2) is 5.78 Å². The second-order valence-electron chi connectivity index (χ2n) is 11.9. The Kier molecular flexibility index (Phi) is 9.31. The number of benzene rings is 1. The van der Waals surface area contributed by atoms with Crippen LogP contribution in [0.15, 0.2) is 42.5 Å². The third-order valence-corrected chi connectivity index (χ3v) is 12.0. The zero-order chi connectivity index (χ0) is 25.0. The van der Waals surface area contributed by atoms with Gasteiger partial charge >= 0.3 is 8.56 Å². The first-order chi connectivity index (χ1) is 15.2. The van der Waals surface area contributed by atoms with Crippen LogP contribution in [0.4, 0.5) is 0 Å². The minimum Gasteiger partial charge on any atom is -0.390 e. The molecule has 186 valence electrons. The van der Waals surface area contributed by atoms with E-state index in [4.69, 9.17) is 13.6 Å². The average Bonchev–Trinajstić information content (AvgIpc) is 2.71. The summed E-state index contributed by atoms with van der Waals surface area (Å²) in [6.07, 6.45) is 3.70. The maximum atomic E-state index is 11.6. The minimum atomic E-state index is -2.71. The number of hydrogen-bond acceptors (Lipinski definition) is 4. The summed E-state index contributed by atoms with van der Waals surface area (Å²) in [5, 5.41) is -0.229. The molecular weight excluding hydrogens is 428 g/mol. The van der Waals surface area contributed by atoms with E-state index in [1.165, 1.54) is 5.56 Å². The molecule has 2 rings (SSSR count). The molecule has 1 aromatic carbocycles. The van der Waals surface area contributed by atoms with Crippen molar-refractivity contribution < 1.29 is 18.4 Å². The maximum Gasteiger partial charge on any atom is 0.349 e. The predicted molar refractivity (Wildman–Crippen MR) is 138 cm³/mol. The van der Waals surface area contributed by atoms with Crippen molar-refractivity contribution in [2.75, 3.05) is 6.61 Å². The van der Waals surface area contributed by atoms with Gasteiger partial charge in [-0.25, -0.2) is 0 Å². The number of ketones is 1. The number of carbonyl (C=O) groups is 1. The van der Waals surface area contributed by atoms with Crippen LogP contribution in [0.25, 0.3) is 0 Å². The van der Waals surface area contributed by atoms with Crippen LogP contribution in [-0.4, -0.2) is 33.2 Å². The van der Waals surface area contributed by atoms with Crippen molar-refractivity contribution in [2.24, 2.45) is 17.8 Å². The molecule has 5 heteroatoms. The molecule has 0 aliphatic carbocycles. The van der Waals surface area contributed by atoms with Gasteiger partial charge in [-0.1, -0.05) is 98.7 Å². The highest BCUT2D eigenvalue weighted by Gasteiger charge is 2.64. The Morgan fingerprint density at radius 1 is 1.03 bits per heavy atom. The molecule has 1 fully saturated rings. The Morgan fingerprint density at radius 3 is 2.09 bits per heavy atom. The zero-order valence-electron chi connectivity index (χ0n) is 22.5. The molecule has 1 aromatic rings. The van der Waals surface area contributed by atoms with Crippen LogP contribution >= 0.6 is 0 Å². The van der Waals surface area contributed by atoms with Gasteiger partial charge < -0.3 is 13.6 Å². The van der Waals surface area contributed by atoms with E-state index in [1.54, 1.807) is 13.0 Å². The average molecular weight is 475 g/mol. The van der Waals surface area contributed by atoms with Crippen LogP contribution in [0.1, 0.15) is 74.8 Å². The van der Waals surface area contributed by atoms with E-state index in [0.717, 1.165) is 0 Å². The van der Waals surface area contributed by atoms with Crippen molar-refractivity contribution in [1.82, 2.24) is 0 Å². The molecule has 0 bridgehead atoms. The Labute approximate surface area is 203 Å². The van der Waals surface area contributed by atoms with Crippen molar-refractivity contribution in [1.29, 1.82) is 0 Å². The van der Waals surface area contributed by atoms with E-state index >= 15 is 0 Å². The van der Waals surface area contributed by atoms with Gasteiger partial charge in [-0.2, -0.15) is 0 Å². The lowest BCUT2D eigenvalue weighted by Crippen LogP contribution is -2.67. The van der Waals surface area contributed by atoms with E-state index in [2.05, 4.69) is 74.4 Å². The van der Waals surface area contributed by atoms with E-state index in [0.29, 0.717) is 13.2 Å². The Morgan fingerprint density at radius 2 is 1.58 bits per heavy atom. The van der Waals surface area contributed by atoms with Crippen molar-refractivity contribution in [3.63, 3.8) is 0 Å². The zero-order valence-corrected chi connectivity index (χ0v) is 23.5. The second kappa shape index (κ2) is 11.0. The standard InChI is InChI=1S/C28H46O4Si/c1-20(16-17-22(3)29)25-23(4)26(21(2)18-30-19-24-14-12-11-13-15-24)32-33(31-25,27(5,6)7)28(8,9)10/h11-17,20-21,23,25-26H,18-19H2,1-10H3/b17-16+/t20-,21-,23-,25-,26-/m0/s1. The maximum absolute atomic E-state index is 11.6. The molecule has 0 saturated carbocycles. The fraction of sp³-hybridized carbons (Fsp3) is 0.679. The topological polar surface area (TPSA) is 44.8 Å². The Balaban J connectivity index is 2.33. The van der Waals surface area contributed by atoms with Gasteiger partial charge in [0.1, 0.15) is 0 Å². The molecule has 1 aliphatic rings. The first kappa shape index (κ1) is 28.0. The molecule has 0 aromatic heterocycles. The first-order valence-corrected chi connectivity index (χ1v) is 14.2. The van der Waals surface area contributed by atoms with Crippen LogP contribution in [0.3, 0.4) is 0 Å². The summed E-state index contributed by atoms with van der Waals surface area (Å²) in [5.41, 5.74) is 1.18. The lowest BCUT2D eigenvalue weighted by atomic mass is 9.84. The molecule has 1 saturated heterocycles. The second-order valence-corrected chi connectivity index (χ2v) is 16.7. The molecule has 5 atom stereocenters. The highest BCUT2D eigenvalue weighted by atomic mass is 28.4. The van der Waals surface area contributed by atoms with Crippen LogP contribution in [0, 0.1) is 17.8 Å². The summed E-state index contributed by atoms with van der Waals surface area (Å²) in [5.74, 6) is 0.577. The number of allylic oxidation sites excluding steroid dienone is 1. The number of carbonyl (C=O) groups excluding carboxylic acids is 1. The summed E-state index contributed by atoms with van der Waals surface area (Å²) in [4.78, 5) is 11.6. The van der Waals surface area contributed by atoms with Gasteiger partial charge in [-0.05, 0) is 24.5 Å². The van der Waals surface area contributed by atoms with E-state index in [-0.39, 0.29) is 45.8 Å². The van der Waals surface area contributed by atoms with E-state index in [9.17, 15) is 4.79 Å². The van der Waals surface area contributed by atoms with Crippen molar-refractivity contribution in [3.05, 3.63) is 48.0 Å². The molecule has 1 aliphatic heterocycles. The SMILES string of the molecule is CC(=O)/C=C/[C@H](C)[C@@H]1O[Si](C(C)(C)C)(C(C)(C)C)O[C@@H]([C@@H](C)COCc2ccccc2)[C@H]1C. The molecule has 0 unspecified atom stereocenters. The molecular formula is C28H46O4Si. The van der Waals surface area contributed by atoms with Gasteiger partial charge in [0.2, 0.25) is 0 Å². The van der Waals surface area contributed by atoms with E-state index in [1.807, 2.05) is 24.3 Å². The van der Waals surface area contributed by atoms with Gasteiger partial charge in [-0.15, -0.1) is 0 Å². The minimum absolute atomic E-state index is 0.0129. The van der Waals surface area contributed by atoms with Gasteiger partial charge in [-0.3, -0.25) is 4.79 Å². The predicted octanol–water partition coefficient (Wildman–Crippen LogP) is 7.08.